The lowest BCUT2D eigenvalue weighted by atomic mass is 9.71. The molecule has 2 N–H and O–H groups in total. The number of piperidine rings is 1. The van der Waals surface area contributed by atoms with Crippen molar-refractivity contribution in [3.63, 3.8) is 0 Å². The van der Waals surface area contributed by atoms with E-state index in [0.717, 1.165) is 44.8 Å². The van der Waals surface area contributed by atoms with Gasteiger partial charge < -0.3 is 20.1 Å². The Labute approximate surface area is 308 Å². The number of carbonyl (C=O) groups excluding carboxylic acids is 2. The second kappa shape index (κ2) is 13.5. The predicted octanol–water partition coefficient (Wildman–Crippen LogP) is 7.91. The first-order chi connectivity index (χ1) is 25.0. The first kappa shape index (κ1) is 37.0. The van der Waals surface area contributed by atoms with Crippen molar-refractivity contribution in [2.45, 2.75) is 96.2 Å². The Balaban J connectivity index is 1.30. The van der Waals surface area contributed by atoms with E-state index in [0.29, 0.717) is 22.4 Å². The third-order valence-corrected chi connectivity index (χ3v) is 11.2. The molecule has 7 rings (SSSR count). The number of fused-ring (bicyclic) bond motifs is 2. The van der Waals surface area contributed by atoms with Gasteiger partial charge >= 0.3 is 0 Å². The van der Waals surface area contributed by atoms with Crippen LogP contribution in [-0.4, -0.2) is 73.9 Å². The summed E-state index contributed by atoms with van der Waals surface area (Å²) in [6, 6.07) is 3.69. The molecule has 4 aromatic rings. The highest BCUT2D eigenvalue weighted by molar-refractivity contribution is 6.34. The van der Waals surface area contributed by atoms with Gasteiger partial charge in [-0.2, -0.15) is 4.39 Å². The molecule has 2 amide bonds. The number of nitrogens with one attached hydrogen (secondary N) is 2. The lowest BCUT2D eigenvalue weighted by Gasteiger charge is -2.55. The summed E-state index contributed by atoms with van der Waals surface area (Å²) < 4.78 is 74.0. The molecule has 1 saturated carbocycles. The van der Waals surface area contributed by atoms with Crippen LogP contribution in [0.3, 0.4) is 0 Å². The van der Waals surface area contributed by atoms with E-state index in [1.54, 1.807) is 29.4 Å². The molecule has 5 heterocycles. The van der Waals surface area contributed by atoms with E-state index >= 15 is 13.2 Å². The SMILES string of the molecule is CC(C)n1cnc2cc(-c3cc4c(nc3F)C(C)(C)C(=O)N4[C@H]3C[C@@](C)(N4CCCCC4)C3)nc(Nc3cc(C(=O)NCC(F)F)c(Cl)c(F)c3F)c21. The molecule has 0 bridgehead atoms. The molecule has 53 heavy (non-hydrogen) atoms. The Morgan fingerprint density at radius 3 is 2.38 bits per heavy atom. The predicted molar refractivity (Wildman–Crippen MR) is 191 cm³/mol. The van der Waals surface area contributed by atoms with Crippen LogP contribution < -0.4 is 15.5 Å². The van der Waals surface area contributed by atoms with Crippen LogP contribution in [0.2, 0.25) is 5.02 Å². The second-order valence-electron chi connectivity index (χ2n) is 15.2. The number of likely N-dealkylation sites (tertiary alicyclic amines) is 1. The van der Waals surface area contributed by atoms with Crippen LogP contribution in [0.4, 0.5) is 39.1 Å². The number of hydrogen-bond acceptors (Lipinski definition) is 7. The maximum absolute atomic E-state index is 16.2. The van der Waals surface area contributed by atoms with Crippen molar-refractivity contribution < 1.29 is 31.5 Å². The third kappa shape index (κ3) is 6.28. The zero-order valence-corrected chi connectivity index (χ0v) is 30.7. The third-order valence-electron chi connectivity index (χ3n) is 10.8. The first-order valence-electron chi connectivity index (χ1n) is 17.7. The lowest BCUT2D eigenvalue weighted by Crippen LogP contribution is -2.64. The Hall–Kier alpha value is -4.37. The Bertz CT molecular complexity index is 2130. The number of amides is 2. The van der Waals surface area contributed by atoms with E-state index < -0.39 is 58.1 Å². The molecule has 0 unspecified atom stereocenters. The second-order valence-corrected chi connectivity index (χ2v) is 15.6. The molecule has 3 aliphatic rings. The highest BCUT2D eigenvalue weighted by Gasteiger charge is 2.55. The number of aromatic nitrogens is 4. The van der Waals surface area contributed by atoms with Crippen LogP contribution in [0.25, 0.3) is 22.3 Å². The number of rotatable bonds is 9. The van der Waals surface area contributed by atoms with Gasteiger partial charge in [-0.3, -0.25) is 14.5 Å². The first-order valence-corrected chi connectivity index (χ1v) is 18.1. The summed E-state index contributed by atoms with van der Waals surface area (Å²) in [7, 11) is 0. The highest BCUT2D eigenvalue weighted by Crippen LogP contribution is 2.50. The Morgan fingerprint density at radius 1 is 1.02 bits per heavy atom. The van der Waals surface area contributed by atoms with Gasteiger partial charge in [-0.05, 0) is 91.6 Å². The van der Waals surface area contributed by atoms with Crippen molar-refractivity contribution in [1.82, 2.24) is 29.7 Å². The molecule has 1 aliphatic carbocycles. The van der Waals surface area contributed by atoms with Gasteiger partial charge in [0.05, 0.1) is 62.7 Å². The monoisotopic (exact) mass is 758 g/mol. The maximum Gasteiger partial charge on any atom is 0.255 e. The molecule has 0 radical (unpaired) electrons. The summed E-state index contributed by atoms with van der Waals surface area (Å²) in [6.07, 6.45) is 3.65. The van der Waals surface area contributed by atoms with Crippen LogP contribution in [0.15, 0.2) is 24.5 Å². The molecule has 0 spiro atoms. The number of halogens is 6. The van der Waals surface area contributed by atoms with Crippen molar-refractivity contribution in [3.05, 3.63) is 58.4 Å². The molecule has 3 aromatic heterocycles. The summed E-state index contributed by atoms with van der Waals surface area (Å²) in [4.78, 5) is 44.3. The minimum Gasteiger partial charge on any atom is -0.346 e. The average molecular weight is 759 g/mol. The standard InChI is InChI=1S/C37H40ClF5N8O2/c1-18(2)50-17-45-24-13-22(46-33(30(24)50)47-23-11-21(27(38)29(42)28(23)41)34(52)44-16-26(39)40)20-12-25-31(48-32(20)43)36(3,4)35(53)51(25)19-14-37(5,15-19)49-9-7-6-8-10-49/h11-13,17-19,26H,6-10,14-16H2,1-5H3,(H,44,52)(H,46,47)/t19-,37+. The zero-order valence-electron chi connectivity index (χ0n) is 30.0. The van der Waals surface area contributed by atoms with Crippen molar-refractivity contribution in [2.24, 2.45) is 0 Å². The Kier molecular flexibility index (Phi) is 9.41. The quantitative estimate of drug-likeness (QED) is 0.102. The number of anilines is 3. The summed E-state index contributed by atoms with van der Waals surface area (Å²) in [5.41, 5.74) is -0.838. The molecule has 2 aliphatic heterocycles. The fraction of sp³-hybridized carbons (Fsp3) is 0.486. The molecule has 16 heteroatoms. The van der Waals surface area contributed by atoms with Crippen molar-refractivity contribution >= 4 is 51.6 Å². The van der Waals surface area contributed by atoms with Gasteiger partial charge in [-0.1, -0.05) is 18.0 Å². The summed E-state index contributed by atoms with van der Waals surface area (Å²) in [6.45, 7) is 10.4. The normalized spacial score (nSPS) is 21.4. The van der Waals surface area contributed by atoms with E-state index in [4.69, 9.17) is 11.6 Å². The number of alkyl halides is 2. The summed E-state index contributed by atoms with van der Waals surface area (Å²) >= 11 is 5.93. The van der Waals surface area contributed by atoms with E-state index in [1.807, 2.05) is 19.2 Å². The van der Waals surface area contributed by atoms with E-state index in [1.165, 1.54) is 18.8 Å². The molecular weight excluding hydrogens is 719 g/mol. The van der Waals surface area contributed by atoms with Crippen LogP contribution in [0.1, 0.15) is 88.8 Å². The molecule has 0 atom stereocenters. The lowest BCUT2D eigenvalue weighted by molar-refractivity contribution is -0.123. The number of imidazole rings is 1. The molecular formula is C37H40ClF5N8O2. The van der Waals surface area contributed by atoms with Crippen LogP contribution in [-0.2, 0) is 10.2 Å². The van der Waals surface area contributed by atoms with Gasteiger partial charge in [-0.25, -0.2) is 32.5 Å². The minimum absolute atomic E-state index is 0.0374. The summed E-state index contributed by atoms with van der Waals surface area (Å²) in [5, 5.41) is 3.77. The van der Waals surface area contributed by atoms with Gasteiger partial charge in [0, 0.05) is 17.6 Å². The number of hydrogen-bond donors (Lipinski definition) is 2. The smallest absolute Gasteiger partial charge is 0.255 e. The van der Waals surface area contributed by atoms with Crippen molar-refractivity contribution in [3.8, 4) is 11.3 Å². The number of pyridine rings is 2. The average Bonchev–Trinajstić information content (AvgIpc) is 3.62. The summed E-state index contributed by atoms with van der Waals surface area (Å²) in [5.74, 6) is -5.33. The largest absolute Gasteiger partial charge is 0.346 e. The fourth-order valence-electron chi connectivity index (χ4n) is 7.94. The Morgan fingerprint density at radius 2 is 1.72 bits per heavy atom. The number of carbonyl (C=O) groups is 2. The molecule has 2 fully saturated rings. The van der Waals surface area contributed by atoms with Crippen molar-refractivity contribution in [1.29, 1.82) is 0 Å². The van der Waals surface area contributed by atoms with Gasteiger partial charge in [0.1, 0.15) is 5.52 Å². The highest BCUT2D eigenvalue weighted by atomic mass is 35.5. The van der Waals surface area contributed by atoms with Gasteiger partial charge in [0.2, 0.25) is 11.9 Å². The fourth-order valence-corrected chi connectivity index (χ4v) is 8.16. The maximum atomic E-state index is 16.2. The number of nitrogens with zero attached hydrogens (tertiary/aromatic N) is 6. The molecule has 282 valence electrons. The van der Waals surface area contributed by atoms with Gasteiger partial charge in [0.15, 0.2) is 17.5 Å². The van der Waals surface area contributed by atoms with Crippen LogP contribution in [0, 0.1) is 17.6 Å². The minimum atomic E-state index is -2.89. The molecule has 1 aromatic carbocycles. The number of benzene rings is 1. The van der Waals surface area contributed by atoms with Gasteiger partial charge in [0.25, 0.3) is 12.3 Å². The van der Waals surface area contributed by atoms with Crippen LogP contribution >= 0.6 is 11.6 Å². The van der Waals surface area contributed by atoms with Gasteiger partial charge in [-0.15, -0.1) is 0 Å². The van der Waals surface area contributed by atoms with Crippen molar-refractivity contribution in [2.75, 3.05) is 29.9 Å². The zero-order chi connectivity index (χ0) is 38.1. The topological polar surface area (TPSA) is 108 Å². The molecule has 10 nitrogen and oxygen atoms in total. The van der Waals surface area contributed by atoms with E-state index in [-0.39, 0.29) is 40.6 Å². The molecule has 1 saturated heterocycles. The van der Waals surface area contributed by atoms with E-state index in [9.17, 15) is 18.4 Å². The van der Waals surface area contributed by atoms with Crippen LogP contribution in [0.5, 0.6) is 0 Å². The van der Waals surface area contributed by atoms with E-state index in [2.05, 4.69) is 32.1 Å².